The molecule has 0 radical (unpaired) electrons. The van der Waals surface area contributed by atoms with Crippen LogP contribution in [0.2, 0.25) is 0 Å². The zero-order chi connectivity index (χ0) is 14.8. The van der Waals surface area contributed by atoms with Gasteiger partial charge in [-0.15, -0.1) is 0 Å². The first-order valence-electron chi connectivity index (χ1n) is 7.13. The lowest BCUT2D eigenvalue weighted by atomic mass is 9.92. The molecular formula is C14H24BrNO4. The van der Waals surface area contributed by atoms with Crippen LogP contribution in [-0.2, 0) is 14.2 Å². The number of nitrogens with zero attached hydrogens (tertiary/aromatic N) is 1. The Labute approximate surface area is 129 Å². The number of piperidine rings is 1. The van der Waals surface area contributed by atoms with Crippen LogP contribution in [0.4, 0.5) is 4.79 Å². The second-order valence-electron chi connectivity index (χ2n) is 6.60. The third-order valence-corrected chi connectivity index (χ3v) is 4.17. The SMILES string of the molecule is CC(C)(C)OC(=O)N1CCCC2(COCC(CBr)O2)C1. The third kappa shape index (κ3) is 4.09. The Hall–Kier alpha value is -0.330. The molecule has 0 bridgehead atoms. The highest BCUT2D eigenvalue weighted by Gasteiger charge is 2.43. The molecule has 2 fully saturated rings. The van der Waals surface area contributed by atoms with E-state index in [0.29, 0.717) is 19.8 Å². The van der Waals surface area contributed by atoms with Crippen molar-refractivity contribution >= 4 is 22.0 Å². The zero-order valence-electron chi connectivity index (χ0n) is 12.5. The fourth-order valence-corrected chi connectivity index (χ4v) is 2.99. The fourth-order valence-electron chi connectivity index (χ4n) is 2.67. The molecule has 2 atom stereocenters. The van der Waals surface area contributed by atoms with Gasteiger partial charge in [-0.05, 0) is 33.6 Å². The standard InChI is InChI=1S/C14H24BrNO4/c1-13(2,3)20-12(17)16-6-4-5-14(9-16)10-18-8-11(7-15)19-14/h11H,4-10H2,1-3H3. The smallest absolute Gasteiger partial charge is 0.410 e. The third-order valence-electron chi connectivity index (χ3n) is 3.45. The first-order chi connectivity index (χ1) is 9.34. The molecule has 0 aromatic rings. The Kier molecular flexibility index (Phi) is 4.97. The maximum absolute atomic E-state index is 12.2. The number of hydrogen-bond acceptors (Lipinski definition) is 4. The first kappa shape index (κ1) is 16.0. The van der Waals surface area contributed by atoms with Gasteiger partial charge in [-0.25, -0.2) is 4.79 Å². The van der Waals surface area contributed by atoms with Crippen molar-refractivity contribution in [2.24, 2.45) is 0 Å². The summed E-state index contributed by atoms with van der Waals surface area (Å²) in [6.07, 6.45) is 1.64. The maximum atomic E-state index is 12.2. The summed E-state index contributed by atoms with van der Waals surface area (Å²) in [6, 6.07) is 0. The van der Waals surface area contributed by atoms with Crippen molar-refractivity contribution in [2.45, 2.75) is 50.9 Å². The monoisotopic (exact) mass is 349 g/mol. The van der Waals surface area contributed by atoms with E-state index in [1.165, 1.54) is 0 Å². The van der Waals surface area contributed by atoms with Crippen LogP contribution >= 0.6 is 15.9 Å². The average Bonchev–Trinajstić information content (AvgIpc) is 2.37. The summed E-state index contributed by atoms with van der Waals surface area (Å²) in [5.41, 5.74) is -0.837. The molecule has 1 spiro atoms. The Morgan fingerprint density at radius 3 is 2.90 bits per heavy atom. The van der Waals surface area contributed by atoms with Crippen LogP contribution in [0.15, 0.2) is 0 Å². The number of amides is 1. The Balaban J connectivity index is 1.99. The molecule has 0 aromatic carbocycles. The Bertz CT molecular complexity index is 354. The number of likely N-dealkylation sites (tertiary alicyclic amines) is 1. The molecule has 2 aliphatic rings. The van der Waals surface area contributed by atoms with Gasteiger partial charge in [0.05, 0.1) is 25.9 Å². The maximum Gasteiger partial charge on any atom is 0.410 e. The number of carbonyl (C=O) groups excluding carboxylic acids is 1. The Morgan fingerprint density at radius 1 is 1.50 bits per heavy atom. The minimum Gasteiger partial charge on any atom is -0.444 e. The largest absolute Gasteiger partial charge is 0.444 e. The Morgan fingerprint density at radius 2 is 2.25 bits per heavy atom. The quantitative estimate of drug-likeness (QED) is 0.682. The van der Waals surface area contributed by atoms with Gasteiger partial charge < -0.3 is 19.1 Å². The van der Waals surface area contributed by atoms with Crippen LogP contribution in [-0.4, -0.2) is 59.9 Å². The van der Waals surface area contributed by atoms with Crippen molar-refractivity contribution in [1.82, 2.24) is 4.90 Å². The van der Waals surface area contributed by atoms with E-state index < -0.39 is 5.60 Å². The summed E-state index contributed by atoms with van der Waals surface area (Å²) in [5, 5.41) is 0.751. The van der Waals surface area contributed by atoms with Crippen molar-refractivity contribution < 1.29 is 19.0 Å². The molecule has 0 N–H and O–H groups in total. The average molecular weight is 350 g/mol. The highest BCUT2D eigenvalue weighted by Crippen LogP contribution is 2.31. The highest BCUT2D eigenvalue weighted by molar-refractivity contribution is 9.09. The minimum atomic E-state index is -0.468. The van der Waals surface area contributed by atoms with Crippen LogP contribution < -0.4 is 0 Å². The zero-order valence-corrected chi connectivity index (χ0v) is 14.1. The molecular weight excluding hydrogens is 326 g/mol. The van der Waals surface area contributed by atoms with Gasteiger partial charge in [0.1, 0.15) is 11.2 Å². The summed E-state index contributed by atoms with van der Waals surface area (Å²) in [4.78, 5) is 13.9. The van der Waals surface area contributed by atoms with Crippen molar-refractivity contribution in [1.29, 1.82) is 0 Å². The topological polar surface area (TPSA) is 48.0 Å². The van der Waals surface area contributed by atoms with Gasteiger partial charge in [0.2, 0.25) is 0 Å². The van der Waals surface area contributed by atoms with Crippen LogP contribution in [0.1, 0.15) is 33.6 Å². The number of halogens is 1. The van der Waals surface area contributed by atoms with Crippen molar-refractivity contribution in [3.05, 3.63) is 0 Å². The minimum absolute atomic E-state index is 0.0577. The molecule has 2 saturated heterocycles. The molecule has 5 nitrogen and oxygen atoms in total. The highest BCUT2D eigenvalue weighted by atomic mass is 79.9. The molecule has 1 amide bonds. The van der Waals surface area contributed by atoms with E-state index in [9.17, 15) is 4.79 Å². The first-order valence-corrected chi connectivity index (χ1v) is 8.25. The normalized spacial score (nSPS) is 31.4. The van der Waals surface area contributed by atoms with Crippen LogP contribution in [0, 0.1) is 0 Å². The molecule has 2 heterocycles. The number of carbonyl (C=O) groups is 1. The summed E-state index contributed by atoms with van der Waals surface area (Å²) in [7, 11) is 0. The molecule has 2 unspecified atom stereocenters. The number of rotatable bonds is 1. The molecule has 0 aromatic heterocycles. The van der Waals surface area contributed by atoms with Crippen molar-refractivity contribution in [3.63, 3.8) is 0 Å². The van der Waals surface area contributed by atoms with E-state index in [-0.39, 0.29) is 17.8 Å². The molecule has 116 valence electrons. The predicted molar refractivity (Wildman–Crippen MR) is 79.3 cm³/mol. The lowest BCUT2D eigenvalue weighted by Gasteiger charge is -2.46. The van der Waals surface area contributed by atoms with Crippen LogP contribution in [0.3, 0.4) is 0 Å². The lowest BCUT2D eigenvalue weighted by Crippen LogP contribution is -2.59. The van der Waals surface area contributed by atoms with E-state index >= 15 is 0 Å². The molecule has 20 heavy (non-hydrogen) atoms. The lowest BCUT2D eigenvalue weighted by molar-refractivity contribution is -0.207. The van der Waals surface area contributed by atoms with Gasteiger partial charge in [-0.1, -0.05) is 15.9 Å². The van der Waals surface area contributed by atoms with Crippen molar-refractivity contribution in [2.75, 3.05) is 31.6 Å². The van der Waals surface area contributed by atoms with E-state index in [0.717, 1.165) is 24.7 Å². The fraction of sp³-hybridized carbons (Fsp3) is 0.929. The molecule has 2 aliphatic heterocycles. The van der Waals surface area contributed by atoms with E-state index in [1.54, 1.807) is 4.90 Å². The van der Waals surface area contributed by atoms with Gasteiger partial charge in [0.15, 0.2) is 0 Å². The van der Waals surface area contributed by atoms with Crippen molar-refractivity contribution in [3.8, 4) is 0 Å². The number of hydrogen-bond donors (Lipinski definition) is 0. The molecule has 2 rings (SSSR count). The summed E-state index contributed by atoms with van der Waals surface area (Å²) >= 11 is 3.43. The molecule has 6 heteroatoms. The van der Waals surface area contributed by atoms with E-state index in [4.69, 9.17) is 14.2 Å². The van der Waals surface area contributed by atoms with Gasteiger partial charge in [-0.3, -0.25) is 0 Å². The van der Waals surface area contributed by atoms with E-state index in [1.807, 2.05) is 20.8 Å². The van der Waals surface area contributed by atoms with Gasteiger partial charge in [-0.2, -0.15) is 0 Å². The second-order valence-corrected chi connectivity index (χ2v) is 7.25. The van der Waals surface area contributed by atoms with Gasteiger partial charge in [0, 0.05) is 11.9 Å². The number of ether oxygens (including phenoxy) is 3. The number of alkyl halides is 1. The summed E-state index contributed by atoms with van der Waals surface area (Å²) < 4.78 is 17.3. The molecule has 0 saturated carbocycles. The summed E-state index contributed by atoms with van der Waals surface area (Å²) in [6.45, 7) is 8.07. The second kappa shape index (κ2) is 6.20. The van der Waals surface area contributed by atoms with Crippen LogP contribution in [0.25, 0.3) is 0 Å². The summed E-state index contributed by atoms with van der Waals surface area (Å²) in [5.74, 6) is 0. The van der Waals surface area contributed by atoms with Crippen LogP contribution in [0.5, 0.6) is 0 Å². The molecule has 0 aliphatic carbocycles. The van der Waals surface area contributed by atoms with E-state index in [2.05, 4.69) is 15.9 Å². The van der Waals surface area contributed by atoms with Gasteiger partial charge in [0.25, 0.3) is 0 Å². The van der Waals surface area contributed by atoms with Gasteiger partial charge >= 0.3 is 6.09 Å². The predicted octanol–water partition coefficient (Wildman–Crippen LogP) is 2.57.